The average Bonchev–Trinajstić information content (AvgIpc) is 2.99. The van der Waals surface area contributed by atoms with Crippen LogP contribution < -0.4 is 5.32 Å². The summed E-state index contributed by atoms with van der Waals surface area (Å²) in [5.41, 5.74) is 0. The molecule has 0 aromatic carbocycles. The van der Waals surface area contributed by atoms with E-state index in [4.69, 9.17) is 0 Å². The number of aromatic nitrogens is 3. The van der Waals surface area contributed by atoms with Crippen LogP contribution in [-0.4, -0.2) is 69.1 Å². The third-order valence-electron chi connectivity index (χ3n) is 5.76. The fraction of sp³-hybridized carbons (Fsp3) is 0.765. The lowest BCUT2D eigenvalue weighted by molar-refractivity contribution is -0.142. The Morgan fingerprint density at radius 1 is 1.24 bits per heavy atom. The molecule has 25 heavy (non-hydrogen) atoms. The number of hydrogen-bond donors (Lipinski definition) is 1. The van der Waals surface area contributed by atoms with E-state index < -0.39 is 0 Å². The molecule has 1 N–H and O–H groups in total. The highest BCUT2D eigenvalue weighted by atomic mass is 16.2. The Labute approximate surface area is 147 Å². The molecule has 8 heteroatoms. The van der Waals surface area contributed by atoms with E-state index in [1.165, 1.54) is 32.1 Å². The summed E-state index contributed by atoms with van der Waals surface area (Å²) in [6, 6.07) is 0.685. The van der Waals surface area contributed by atoms with Crippen molar-refractivity contribution in [3.63, 3.8) is 0 Å². The number of hydrogen-bond acceptors (Lipinski definition) is 5. The van der Waals surface area contributed by atoms with Crippen molar-refractivity contribution in [3.05, 3.63) is 11.6 Å². The highest BCUT2D eigenvalue weighted by Gasteiger charge is 2.38. The van der Waals surface area contributed by atoms with Crippen LogP contribution in [-0.2, 0) is 17.9 Å². The van der Waals surface area contributed by atoms with Crippen LogP contribution in [0.2, 0.25) is 0 Å². The topological polar surface area (TPSA) is 83.4 Å². The molecule has 8 nitrogen and oxygen atoms in total. The Morgan fingerprint density at radius 3 is 2.76 bits per heavy atom. The van der Waals surface area contributed by atoms with Gasteiger partial charge in [-0.25, -0.2) is 0 Å². The van der Waals surface area contributed by atoms with Gasteiger partial charge in [0.15, 0.2) is 5.82 Å². The fourth-order valence-electron chi connectivity index (χ4n) is 4.23. The van der Waals surface area contributed by atoms with Gasteiger partial charge < -0.3 is 14.8 Å². The summed E-state index contributed by atoms with van der Waals surface area (Å²) in [4.78, 5) is 28.6. The molecule has 0 atom stereocenters. The monoisotopic (exact) mass is 346 g/mol. The summed E-state index contributed by atoms with van der Waals surface area (Å²) in [5, 5.41) is 10.8. The molecule has 3 heterocycles. The summed E-state index contributed by atoms with van der Waals surface area (Å²) >= 11 is 0. The Kier molecular flexibility index (Phi) is 4.45. The highest BCUT2D eigenvalue weighted by molar-refractivity contribution is 5.91. The number of carbonyl (C=O) groups excluding carboxylic acids is 2. The quantitative estimate of drug-likeness (QED) is 0.845. The molecule has 1 aromatic heterocycles. The summed E-state index contributed by atoms with van der Waals surface area (Å²) in [6.45, 7) is 3.40. The summed E-state index contributed by atoms with van der Waals surface area (Å²) in [5.74, 6) is 1.10. The molecule has 2 aliphatic heterocycles. The van der Waals surface area contributed by atoms with E-state index in [0.717, 1.165) is 13.1 Å². The van der Waals surface area contributed by atoms with Gasteiger partial charge in [-0.3, -0.25) is 14.5 Å². The number of likely N-dealkylation sites (tertiary alicyclic amines) is 1. The van der Waals surface area contributed by atoms with Crippen LogP contribution in [0, 0.1) is 5.92 Å². The number of nitrogens with zero attached hydrogens (tertiary/aromatic N) is 5. The first-order valence-electron chi connectivity index (χ1n) is 9.33. The number of carbonyl (C=O) groups is 2. The molecule has 1 saturated carbocycles. The second-order valence-electron chi connectivity index (χ2n) is 7.48. The van der Waals surface area contributed by atoms with E-state index in [2.05, 4.69) is 20.4 Å². The standard InChI is InChI=1S/C17H26N6O2/c1-21(11-14-19-20-15-16(24)18-7-8-23(14)15)17(25)12-9-22(10-12)13-5-3-2-4-6-13/h12-13H,2-11H2,1H3,(H,18,24). The Bertz CT molecular complexity index is 660. The van der Waals surface area contributed by atoms with Crippen molar-refractivity contribution in [2.75, 3.05) is 26.7 Å². The first kappa shape index (κ1) is 16.5. The Balaban J connectivity index is 1.32. The van der Waals surface area contributed by atoms with E-state index in [1.54, 1.807) is 4.90 Å². The molecule has 4 rings (SSSR count). The lowest BCUT2D eigenvalue weighted by Crippen LogP contribution is -2.57. The normalized spacial score (nSPS) is 22.2. The highest BCUT2D eigenvalue weighted by Crippen LogP contribution is 2.29. The molecule has 2 fully saturated rings. The van der Waals surface area contributed by atoms with Crippen molar-refractivity contribution < 1.29 is 9.59 Å². The van der Waals surface area contributed by atoms with Crippen molar-refractivity contribution in [3.8, 4) is 0 Å². The molecule has 1 aromatic rings. The Hall–Kier alpha value is -1.96. The van der Waals surface area contributed by atoms with Gasteiger partial charge in [-0.15, -0.1) is 10.2 Å². The SMILES string of the molecule is CN(Cc1nnc2n1CCNC2=O)C(=O)C1CN(C2CCCCC2)C1. The third kappa shape index (κ3) is 3.15. The predicted molar refractivity (Wildman–Crippen MR) is 90.8 cm³/mol. The van der Waals surface area contributed by atoms with Crippen molar-refractivity contribution in [2.45, 2.75) is 51.2 Å². The Morgan fingerprint density at radius 2 is 2.00 bits per heavy atom. The molecule has 2 amide bonds. The van der Waals surface area contributed by atoms with E-state index in [-0.39, 0.29) is 17.7 Å². The van der Waals surface area contributed by atoms with Gasteiger partial charge in [0, 0.05) is 39.3 Å². The zero-order valence-corrected chi connectivity index (χ0v) is 14.8. The van der Waals surface area contributed by atoms with Crippen LogP contribution in [0.15, 0.2) is 0 Å². The van der Waals surface area contributed by atoms with Gasteiger partial charge in [0.05, 0.1) is 12.5 Å². The average molecular weight is 346 g/mol. The molecule has 1 saturated heterocycles. The van der Waals surface area contributed by atoms with Crippen LogP contribution in [0.5, 0.6) is 0 Å². The maximum absolute atomic E-state index is 12.7. The zero-order chi connectivity index (χ0) is 17.4. The number of fused-ring (bicyclic) bond motifs is 1. The first-order valence-corrected chi connectivity index (χ1v) is 9.33. The summed E-state index contributed by atoms with van der Waals surface area (Å²) in [6.07, 6.45) is 6.57. The van der Waals surface area contributed by atoms with Crippen LogP contribution >= 0.6 is 0 Å². The number of nitrogens with one attached hydrogen (secondary N) is 1. The van der Waals surface area contributed by atoms with E-state index in [1.807, 2.05) is 11.6 Å². The fourth-order valence-corrected chi connectivity index (χ4v) is 4.23. The minimum atomic E-state index is -0.193. The van der Waals surface area contributed by atoms with E-state index in [9.17, 15) is 9.59 Å². The molecular formula is C17H26N6O2. The third-order valence-corrected chi connectivity index (χ3v) is 5.76. The molecular weight excluding hydrogens is 320 g/mol. The van der Waals surface area contributed by atoms with Crippen LogP contribution in [0.4, 0.5) is 0 Å². The maximum atomic E-state index is 12.7. The van der Waals surface area contributed by atoms with Gasteiger partial charge in [0.25, 0.3) is 5.91 Å². The van der Waals surface area contributed by atoms with Crippen LogP contribution in [0.25, 0.3) is 0 Å². The minimum absolute atomic E-state index is 0.0963. The molecule has 3 aliphatic rings. The smallest absolute Gasteiger partial charge is 0.289 e. The minimum Gasteiger partial charge on any atom is -0.348 e. The van der Waals surface area contributed by atoms with Gasteiger partial charge in [-0.2, -0.15) is 0 Å². The van der Waals surface area contributed by atoms with Crippen molar-refractivity contribution in [1.82, 2.24) is 29.9 Å². The molecule has 1 aliphatic carbocycles. The second-order valence-corrected chi connectivity index (χ2v) is 7.48. The van der Waals surface area contributed by atoms with Crippen molar-refractivity contribution >= 4 is 11.8 Å². The second kappa shape index (κ2) is 6.74. The largest absolute Gasteiger partial charge is 0.348 e. The van der Waals surface area contributed by atoms with E-state index in [0.29, 0.717) is 37.3 Å². The maximum Gasteiger partial charge on any atom is 0.289 e. The lowest BCUT2D eigenvalue weighted by atomic mass is 9.88. The molecule has 0 unspecified atom stereocenters. The summed E-state index contributed by atoms with van der Waals surface area (Å²) < 4.78 is 1.82. The van der Waals surface area contributed by atoms with E-state index >= 15 is 0 Å². The van der Waals surface area contributed by atoms with Gasteiger partial charge in [0.1, 0.15) is 0 Å². The predicted octanol–water partition coefficient (Wildman–Crippen LogP) is 0.244. The molecule has 0 spiro atoms. The lowest BCUT2D eigenvalue weighted by Gasteiger charge is -2.45. The summed E-state index contributed by atoms with van der Waals surface area (Å²) in [7, 11) is 1.82. The van der Waals surface area contributed by atoms with Crippen molar-refractivity contribution in [1.29, 1.82) is 0 Å². The van der Waals surface area contributed by atoms with Crippen LogP contribution in [0.1, 0.15) is 48.5 Å². The zero-order valence-electron chi connectivity index (χ0n) is 14.8. The first-order chi connectivity index (χ1) is 12.1. The number of amides is 2. The van der Waals surface area contributed by atoms with Gasteiger partial charge in [-0.1, -0.05) is 19.3 Å². The van der Waals surface area contributed by atoms with Gasteiger partial charge >= 0.3 is 0 Å². The van der Waals surface area contributed by atoms with Gasteiger partial charge in [0.2, 0.25) is 11.7 Å². The molecule has 0 radical (unpaired) electrons. The number of rotatable bonds is 4. The van der Waals surface area contributed by atoms with Crippen LogP contribution in [0.3, 0.4) is 0 Å². The van der Waals surface area contributed by atoms with Gasteiger partial charge in [-0.05, 0) is 12.8 Å². The van der Waals surface area contributed by atoms with Crippen molar-refractivity contribution in [2.24, 2.45) is 5.92 Å². The molecule has 136 valence electrons. The molecule has 0 bridgehead atoms.